The summed E-state index contributed by atoms with van der Waals surface area (Å²) in [4.78, 5) is 29.5. The van der Waals surface area contributed by atoms with Gasteiger partial charge in [-0.15, -0.1) is 0 Å². The first-order valence-corrected chi connectivity index (χ1v) is 15.9. The number of halogens is 4. The molecular weight excluding hydrogens is 634 g/mol. The lowest BCUT2D eigenvalue weighted by molar-refractivity contribution is -0.154. The van der Waals surface area contributed by atoms with Crippen molar-refractivity contribution in [1.82, 2.24) is 10.3 Å². The number of carbonyl (C=O) groups is 2. The van der Waals surface area contributed by atoms with Crippen LogP contribution in [0.15, 0.2) is 85.1 Å². The van der Waals surface area contributed by atoms with Crippen LogP contribution in [0.1, 0.15) is 66.0 Å². The number of nitrogens with one attached hydrogen (secondary N) is 2. The first kappa shape index (κ1) is 35.6. The third kappa shape index (κ3) is 10.9. The second kappa shape index (κ2) is 15.6. The summed E-state index contributed by atoms with van der Waals surface area (Å²) < 4.78 is 58.9. The summed E-state index contributed by atoms with van der Waals surface area (Å²) in [5.74, 6) is -0.136. The minimum atomic E-state index is -4.49. The zero-order valence-electron chi connectivity index (χ0n) is 26.0. The second-order valence-corrected chi connectivity index (χ2v) is 12.8. The molecule has 1 aromatic heterocycles. The highest BCUT2D eigenvalue weighted by atomic mass is 32.2. The standard InChI is InChI=1S/C35H35F4N3O4S/c1-34(2,3)46-31(43)13-15-47-21-23-7-4-8-24(16-23)33(45)42-29-11-10-27(36)19-28(29)30-18-25(12-14-40-30)32(44)41-20-22-6-5-9-26(17-22)35(37,38)39/h4-12,14,16-19,32,41,44H,13,15,20-21H2,1-3H3,(H,42,45). The van der Waals surface area contributed by atoms with Crippen molar-refractivity contribution in [1.29, 1.82) is 0 Å². The van der Waals surface area contributed by atoms with E-state index in [-0.39, 0.29) is 35.9 Å². The molecule has 0 fully saturated rings. The van der Waals surface area contributed by atoms with Crippen LogP contribution in [0.2, 0.25) is 0 Å². The Morgan fingerprint density at radius 3 is 2.45 bits per heavy atom. The van der Waals surface area contributed by atoms with Crippen molar-refractivity contribution < 1.29 is 37.0 Å². The van der Waals surface area contributed by atoms with Crippen molar-refractivity contribution >= 4 is 29.3 Å². The van der Waals surface area contributed by atoms with Gasteiger partial charge < -0.3 is 15.2 Å². The molecule has 0 radical (unpaired) electrons. The van der Waals surface area contributed by atoms with E-state index < -0.39 is 35.3 Å². The summed E-state index contributed by atoms with van der Waals surface area (Å²) in [6.07, 6.45) is -4.09. The molecule has 0 saturated heterocycles. The number of carbonyl (C=O) groups excluding carboxylic acids is 2. The number of ether oxygens (including phenoxy) is 1. The van der Waals surface area contributed by atoms with Gasteiger partial charge in [0, 0.05) is 35.4 Å². The van der Waals surface area contributed by atoms with Crippen LogP contribution in [0, 0.1) is 5.82 Å². The van der Waals surface area contributed by atoms with Gasteiger partial charge in [-0.1, -0.05) is 30.3 Å². The summed E-state index contributed by atoms with van der Waals surface area (Å²) in [6, 6.07) is 18.6. The van der Waals surface area contributed by atoms with Crippen molar-refractivity contribution in [2.24, 2.45) is 0 Å². The van der Waals surface area contributed by atoms with Crippen molar-refractivity contribution in [3.63, 3.8) is 0 Å². The number of aliphatic hydroxyl groups is 1. The average Bonchev–Trinajstić information content (AvgIpc) is 3.02. The molecule has 4 rings (SSSR count). The van der Waals surface area contributed by atoms with Crippen LogP contribution >= 0.6 is 11.8 Å². The molecule has 1 heterocycles. The largest absolute Gasteiger partial charge is 0.460 e. The van der Waals surface area contributed by atoms with Crippen LogP contribution in [-0.4, -0.2) is 33.3 Å². The number of amides is 1. The number of aliphatic hydroxyl groups excluding tert-OH is 1. The highest BCUT2D eigenvalue weighted by Gasteiger charge is 2.30. The first-order chi connectivity index (χ1) is 22.2. The first-order valence-electron chi connectivity index (χ1n) is 14.7. The second-order valence-electron chi connectivity index (χ2n) is 11.7. The Bertz CT molecular complexity index is 1710. The molecule has 7 nitrogen and oxygen atoms in total. The third-order valence-electron chi connectivity index (χ3n) is 6.69. The summed E-state index contributed by atoms with van der Waals surface area (Å²) in [7, 11) is 0. The van der Waals surface area contributed by atoms with E-state index in [1.54, 1.807) is 30.0 Å². The number of benzene rings is 3. The Morgan fingerprint density at radius 2 is 1.70 bits per heavy atom. The van der Waals surface area contributed by atoms with E-state index in [2.05, 4.69) is 15.6 Å². The number of aromatic nitrogens is 1. The number of thioether (sulfide) groups is 1. The topological polar surface area (TPSA) is 101 Å². The molecule has 0 aliphatic heterocycles. The Balaban J connectivity index is 1.42. The van der Waals surface area contributed by atoms with Gasteiger partial charge in [0.2, 0.25) is 0 Å². The van der Waals surface area contributed by atoms with Gasteiger partial charge in [0.1, 0.15) is 17.6 Å². The molecule has 0 saturated carbocycles. The SMILES string of the molecule is CC(C)(C)OC(=O)CCSCc1cccc(C(=O)Nc2ccc(F)cc2-c2cc(C(O)NCc3cccc(C(F)(F)F)c3)ccn2)c1. The third-order valence-corrected chi connectivity index (χ3v) is 7.72. The minimum Gasteiger partial charge on any atom is -0.460 e. The maximum absolute atomic E-state index is 14.4. The van der Waals surface area contributed by atoms with E-state index in [9.17, 15) is 32.3 Å². The molecule has 3 aromatic carbocycles. The van der Waals surface area contributed by atoms with Gasteiger partial charge in [0.25, 0.3) is 5.91 Å². The Morgan fingerprint density at radius 1 is 0.957 bits per heavy atom. The smallest absolute Gasteiger partial charge is 0.416 e. The van der Waals surface area contributed by atoms with Gasteiger partial charge in [-0.2, -0.15) is 24.9 Å². The van der Waals surface area contributed by atoms with Crippen molar-refractivity contribution in [3.8, 4) is 11.3 Å². The van der Waals surface area contributed by atoms with Crippen molar-refractivity contribution in [2.45, 2.75) is 57.5 Å². The monoisotopic (exact) mass is 669 g/mol. The Hall–Kier alpha value is -4.26. The molecule has 1 amide bonds. The molecule has 3 N–H and O–H groups in total. The minimum absolute atomic E-state index is 0.0503. The van der Waals surface area contributed by atoms with Crippen LogP contribution < -0.4 is 10.6 Å². The van der Waals surface area contributed by atoms with Crippen LogP contribution in [-0.2, 0) is 28.0 Å². The van der Waals surface area contributed by atoms with Crippen LogP contribution in [0.4, 0.5) is 23.2 Å². The lowest BCUT2D eigenvalue weighted by Crippen LogP contribution is -2.24. The quantitative estimate of drug-likeness (QED) is 0.0610. The molecule has 0 aliphatic rings. The molecule has 0 spiro atoms. The maximum atomic E-state index is 14.4. The van der Waals surface area contributed by atoms with Crippen molar-refractivity contribution in [3.05, 3.63) is 119 Å². The van der Waals surface area contributed by atoms with Gasteiger partial charge in [-0.25, -0.2) is 4.39 Å². The molecule has 1 unspecified atom stereocenters. The van der Waals surface area contributed by atoms with Gasteiger partial charge in [0.05, 0.1) is 23.4 Å². The predicted octanol–water partition coefficient (Wildman–Crippen LogP) is 7.90. The van der Waals surface area contributed by atoms with Crippen LogP contribution in [0.25, 0.3) is 11.3 Å². The zero-order valence-corrected chi connectivity index (χ0v) is 26.8. The number of hydrogen-bond donors (Lipinski definition) is 3. The molecule has 0 bridgehead atoms. The summed E-state index contributed by atoms with van der Waals surface area (Å²) in [5, 5.41) is 16.3. The van der Waals surface area contributed by atoms with Crippen molar-refractivity contribution in [2.75, 3.05) is 11.1 Å². The number of rotatable bonds is 12. The summed E-state index contributed by atoms with van der Waals surface area (Å²) in [5.41, 5.74) is 1.39. The molecule has 248 valence electrons. The van der Waals surface area contributed by atoms with Gasteiger partial charge in [-0.3, -0.25) is 19.9 Å². The lowest BCUT2D eigenvalue weighted by Gasteiger charge is -2.19. The van der Waals surface area contributed by atoms with E-state index >= 15 is 0 Å². The van der Waals surface area contributed by atoms with Crippen LogP contribution in [0.3, 0.4) is 0 Å². The zero-order chi connectivity index (χ0) is 34.2. The Labute approximate surface area is 274 Å². The Kier molecular flexibility index (Phi) is 11.8. The fraction of sp³-hybridized carbons (Fsp3) is 0.286. The molecule has 1 atom stereocenters. The average molecular weight is 670 g/mol. The number of pyridine rings is 1. The lowest BCUT2D eigenvalue weighted by atomic mass is 10.0. The number of hydrogen-bond acceptors (Lipinski definition) is 7. The summed E-state index contributed by atoms with van der Waals surface area (Å²) in [6.45, 7) is 5.40. The number of alkyl halides is 3. The number of nitrogens with zero attached hydrogens (tertiary/aromatic N) is 1. The van der Waals surface area contributed by atoms with Gasteiger partial charge in [-0.05, 0) is 86.0 Å². The number of esters is 1. The summed E-state index contributed by atoms with van der Waals surface area (Å²) >= 11 is 1.54. The normalized spacial score (nSPS) is 12.4. The van der Waals surface area contributed by atoms with Gasteiger partial charge >= 0.3 is 12.1 Å². The fourth-order valence-electron chi connectivity index (χ4n) is 4.53. The molecule has 12 heteroatoms. The predicted molar refractivity (Wildman–Crippen MR) is 174 cm³/mol. The van der Waals surface area contributed by atoms with E-state index in [1.807, 2.05) is 26.8 Å². The fourth-order valence-corrected chi connectivity index (χ4v) is 5.40. The van der Waals surface area contributed by atoms with E-state index in [1.165, 1.54) is 48.7 Å². The highest BCUT2D eigenvalue weighted by molar-refractivity contribution is 7.98. The highest BCUT2D eigenvalue weighted by Crippen LogP contribution is 2.31. The van der Waals surface area contributed by atoms with E-state index in [0.29, 0.717) is 28.2 Å². The van der Waals surface area contributed by atoms with E-state index in [4.69, 9.17) is 4.74 Å². The molecule has 47 heavy (non-hydrogen) atoms. The van der Waals surface area contributed by atoms with Crippen LogP contribution in [0.5, 0.6) is 0 Å². The van der Waals surface area contributed by atoms with E-state index in [0.717, 1.165) is 17.7 Å². The maximum Gasteiger partial charge on any atom is 0.416 e. The molecule has 0 aliphatic carbocycles. The molecular formula is C35H35F4N3O4S. The number of anilines is 1. The molecule has 4 aromatic rings. The van der Waals surface area contributed by atoms with Gasteiger partial charge in [0.15, 0.2) is 0 Å².